The van der Waals surface area contributed by atoms with Crippen LogP contribution in [0.5, 0.6) is 0 Å². The van der Waals surface area contributed by atoms with Crippen LogP contribution in [0.1, 0.15) is 13.3 Å². The summed E-state index contributed by atoms with van der Waals surface area (Å²) in [5, 5.41) is 13.7. The molecule has 0 spiro atoms. The van der Waals surface area contributed by atoms with Crippen LogP contribution >= 0.6 is 11.8 Å². The molecule has 0 aromatic heterocycles. The van der Waals surface area contributed by atoms with Gasteiger partial charge >= 0.3 is 12.0 Å². The Morgan fingerprint density at radius 2 is 2.19 bits per heavy atom. The molecule has 2 amide bonds. The molecule has 6 heteroatoms. The van der Waals surface area contributed by atoms with Crippen molar-refractivity contribution in [1.29, 1.82) is 0 Å². The van der Waals surface area contributed by atoms with E-state index in [1.807, 2.05) is 6.26 Å². The van der Waals surface area contributed by atoms with Crippen LogP contribution in [-0.4, -0.2) is 41.7 Å². The SMILES string of the molecule is CC#CCNC(=O)N[C@H](CCSC)C(=O)O. The minimum Gasteiger partial charge on any atom is -0.480 e. The van der Waals surface area contributed by atoms with E-state index >= 15 is 0 Å². The molecule has 3 N–H and O–H groups in total. The van der Waals surface area contributed by atoms with Crippen LogP contribution in [0.4, 0.5) is 4.79 Å². The first-order chi connectivity index (χ1) is 7.61. The van der Waals surface area contributed by atoms with Gasteiger partial charge < -0.3 is 15.7 Å². The van der Waals surface area contributed by atoms with Crippen molar-refractivity contribution in [3.63, 3.8) is 0 Å². The molecule has 0 aromatic rings. The molecule has 0 aliphatic rings. The molecule has 0 saturated heterocycles. The number of hydrogen-bond acceptors (Lipinski definition) is 3. The minimum absolute atomic E-state index is 0.219. The molecule has 0 saturated carbocycles. The molecule has 0 unspecified atom stereocenters. The van der Waals surface area contributed by atoms with Gasteiger partial charge in [-0.2, -0.15) is 11.8 Å². The van der Waals surface area contributed by atoms with Crippen molar-refractivity contribution in [3.8, 4) is 11.8 Å². The van der Waals surface area contributed by atoms with Gasteiger partial charge in [-0.05, 0) is 25.4 Å². The predicted octanol–water partition coefficient (Wildman–Crippen LogP) is 0.515. The lowest BCUT2D eigenvalue weighted by molar-refractivity contribution is -0.139. The normalized spacial score (nSPS) is 10.9. The molecule has 90 valence electrons. The van der Waals surface area contributed by atoms with E-state index in [0.29, 0.717) is 12.2 Å². The summed E-state index contributed by atoms with van der Waals surface area (Å²) in [7, 11) is 0. The van der Waals surface area contributed by atoms with Crippen molar-refractivity contribution in [3.05, 3.63) is 0 Å². The number of carbonyl (C=O) groups is 2. The zero-order valence-electron chi connectivity index (χ0n) is 9.37. The second kappa shape index (κ2) is 8.92. The lowest BCUT2D eigenvalue weighted by Crippen LogP contribution is -2.46. The summed E-state index contributed by atoms with van der Waals surface area (Å²) in [4.78, 5) is 22.0. The van der Waals surface area contributed by atoms with Crippen molar-refractivity contribution < 1.29 is 14.7 Å². The average molecular weight is 244 g/mol. The fourth-order valence-electron chi connectivity index (χ4n) is 0.915. The second-order valence-corrected chi connectivity index (χ2v) is 3.91. The zero-order chi connectivity index (χ0) is 12.4. The first-order valence-electron chi connectivity index (χ1n) is 4.77. The predicted molar refractivity (Wildman–Crippen MR) is 64.4 cm³/mol. The van der Waals surface area contributed by atoms with Crippen molar-refractivity contribution in [1.82, 2.24) is 10.6 Å². The van der Waals surface area contributed by atoms with E-state index < -0.39 is 18.0 Å². The van der Waals surface area contributed by atoms with Gasteiger partial charge in [0.25, 0.3) is 0 Å². The highest BCUT2D eigenvalue weighted by Gasteiger charge is 2.18. The Morgan fingerprint density at radius 3 is 2.69 bits per heavy atom. The third-order valence-electron chi connectivity index (χ3n) is 1.73. The number of nitrogens with one attached hydrogen (secondary N) is 2. The quantitative estimate of drug-likeness (QED) is 0.595. The number of thioether (sulfide) groups is 1. The molecule has 0 heterocycles. The van der Waals surface area contributed by atoms with E-state index in [4.69, 9.17) is 5.11 Å². The van der Waals surface area contributed by atoms with Gasteiger partial charge in [0.1, 0.15) is 6.04 Å². The maximum absolute atomic E-state index is 11.2. The summed E-state index contributed by atoms with van der Waals surface area (Å²) < 4.78 is 0. The minimum atomic E-state index is -1.02. The van der Waals surface area contributed by atoms with Gasteiger partial charge in [-0.25, -0.2) is 9.59 Å². The van der Waals surface area contributed by atoms with Crippen LogP contribution in [0.3, 0.4) is 0 Å². The summed E-state index contributed by atoms with van der Waals surface area (Å²) in [6, 6.07) is -1.35. The van der Waals surface area contributed by atoms with Crippen molar-refractivity contribution in [2.24, 2.45) is 0 Å². The smallest absolute Gasteiger partial charge is 0.326 e. The van der Waals surface area contributed by atoms with Crippen LogP contribution < -0.4 is 10.6 Å². The average Bonchev–Trinajstić information content (AvgIpc) is 2.24. The largest absolute Gasteiger partial charge is 0.480 e. The topological polar surface area (TPSA) is 78.4 Å². The van der Waals surface area contributed by atoms with E-state index in [0.717, 1.165) is 0 Å². The van der Waals surface area contributed by atoms with Crippen LogP contribution in [0.15, 0.2) is 0 Å². The van der Waals surface area contributed by atoms with E-state index in [1.165, 1.54) is 11.8 Å². The van der Waals surface area contributed by atoms with Gasteiger partial charge in [0.05, 0.1) is 6.54 Å². The summed E-state index contributed by atoms with van der Waals surface area (Å²) in [6.45, 7) is 1.88. The highest BCUT2D eigenvalue weighted by molar-refractivity contribution is 7.98. The van der Waals surface area contributed by atoms with Crippen molar-refractivity contribution in [2.75, 3.05) is 18.6 Å². The summed E-state index contributed by atoms with van der Waals surface area (Å²) in [6.07, 6.45) is 2.29. The molecule has 0 bridgehead atoms. The maximum Gasteiger partial charge on any atom is 0.326 e. The Bertz CT molecular complexity index is 296. The number of rotatable bonds is 6. The van der Waals surface area contributed by atoms with Gasteiger partial charge in [0.15, 0.2) is 0 Å². The highest BCUT2D eigenvalue weighted by Crippen LogP contribution is 2.00. The van der Waals surface area contributed by atoms with Crippen LogP contribution in [0.25, 0.3) is 0 Å². The second-order valence-electron chi connectivity index (χ2n) is 2.93. The maximum atomic E-state index is 11.2. The van der Waals surface area contributed by atoms with Crippen LogP contribution in [0, 0.1) is 11.8 Å². The number of carbonyl (C=O) groups excluding carboxylic acids is 1. The van der Waals surface area contributed by atoms with E-state index in [1.54, 1.807) is 6.92 Å². The number of amides is 2. The molecule has 16 heavy (non-hydrogen) atoms. The highest BCUT2D eigenvalue weighted by atomic mass is 32.2. The molecule has 0 aliphatic heterocycles. The van der Waals surface area contributed by atoms with Gasteiger partial charge in [0, 0.05) is 0 Å². The molecule has 0 fully saturated rings. The third kappa shape index (κ3) is 7.01. The number of urea groups is 1. The Morgan fingerprint density at radius 1 is 1.50 bits per heavy atom. The standard InChI is InChI=1S/C10H16N2O3S/c1-3-4-6-11-10(15)12-8(9(13)14)5-7-16-2/h8H,5-7H2,1-2H3,(H,13,14)(H2,11,12,15)/t8-/m1/s1. The van der Waals surface area contributed by atoms with Gasteiger partial charge in [-0.3, -0.25) is 0 Å². The van der Waals surface area contributed by atoms with Crippen molar-refractivity contribution >= 4 is 23.8 Å². The zero-order valence-corrected chi connectivity index (χ0v) is 10.2. The number of carboxylic acids is 1. The third-order valence-corrected chi connectivity index (χ3v) is 2.37. The lowest BCUT2D eigenvalue weighted by Gasteiger charge is -2.13. The fourth-order valence-corrected chi connectivity index (χ4v) is 1.39. The molecule has 0 aromatic carbocycles. The van der Waals surface area contributed by atoms with Crippen LogP contribution in [0.2, 0.25) is 0 Å². The Hall–Kier alpha value is -1.35. The van der Waals surface area contributed by atoms with Crippen LogP contribution in [-0.2, 0) is 4.79 Å². The fraction of sp³-hybridized carbons (Fsp3) is 0.600. The Kier molecular flexibility index (Phi) is 8.17. The Labute approximate surface area is 99.4 Å². The van der Waals surface area contributed by atoms with Gasteiger partial charge in [-0.1, -0.05) is 5.92 Å². The van der Waals surface area contributed by atoms with Gasteiger partial charge in [0.2, 0.25) is 0 Å². The Balaban J connectivity index is 4.01. The first-order valence-corrected chi connectivity index (χ1v) is 6.17. The molecule has 5 nitrogen and oxygen atoms in total. The number of hydrogen-bond donors (Lipinski definition) is 3. The first kappa shape index (κ1) is 14.6. The van der Waals surface area contributed by atoms with E-state index in [-0.39, 0.29) is 6.54 Å². The number of carboxylic acid groups (broad SMARTS) is 1. The van der Waals surface area contributed by atoms with E-state index in [2.05, 4.69) is 22.5 Å². The number of aliphatic carboxylic acids is 1. The van der Waals surface area contributed by atoms with Crippen molar-refractivity contribution in [2.45, 2.75) is 19.4 Å². The van der Waals surface area contributed by atoms with E-state index in [9.17, 15) is 9.59 Å². The molecule has 1 atom stereocenters. The molecule has 0 radical (unpaired) electrons. The summed E-state index contributed by atoms with van der Waals surface area (Å²) in [5.41, 5.74) is 0. The molecule has 0 aliphatic carbocycles. The lowest BCUT2D eigenvalue weighted by atomic mass is 10.2. The molecular weight excluding hydrogens is 228 g/mol. The summed E-state index contributed by atoms with van der Waals surface area (Å²) >= 11 is 1.54. The monoisotopic (exact) mass is 244 g/mol. The molecule has 0 rings (SSSR count). The summed E-state index contributed by atoms with van der Waals surface area (Å²) in [5.74, 6) is 4.94. The molecular formula is C10H16N2O3S. The van der Waals surface area contributed by atoms with Gasteiger partial charge in [-0.15, -0.1) is 5.92 Å².